The van der Waals surface area contributed by atoms with Crippen molar-refractivity contribution in [3.05, 3.63) is 163 Å². The van der Waals surface area contributed by atoms with Gasteiger partial charge in [0.1, 0.15) is 60.6 Å². The molecule has 6 aromatic rings. The highest BCUT2D eigenvalue weighted by Gasteiger charge is 2.32. The number of benzene rings is 4. The standard InChI is InChI=1S/C46H32Cl2N4O6/c47-39-13-31(23-53)43(55-25-29-11-27(17-49)19-51-21-29)15-45(39)57-41-9-7-35-33(3-1-5-37(35)41)34-4-2-6-38-36(34)8-10-42(38)58-46-16-44(32(24-54)14-40(46)48)56-26-30-12-28(18-50)20-52-22-30/h1-6,11-16,19-24,41-42H,7-10,25-26H2/t41-,42-/m0/s1. The minimum atomic E-state index is -0.286. The zero-order valence-electron chi connectivity index (χ0n) is 30.8. The van der Waals surface area contributed by atoms with Crippen molar-refractivity contribution in [3.63, 3.8) is 0 Å². The Morgan fingerprint density at radius 1 is 0.621 bits per heavy atom. The molecular weight excluding hydrogens is 775 g/mol. The number of carbonyl (C=O) groups is 2. The number of nitriles is 2. The van der Waals surface area contributed by atoms with Gasteiger partial charge < -0.3 is 18.9 Å². The largest absolute Gasteiger partial charge is 0.488 e. The van der Waals surface area contributed by atoms with E-state index in [2.05, 4.69) is 46.4 Å². The number of hydrogen-bond donors (Lipinski definition) is 0. The van der Waals surface area contributed by atoms with Crippen LogP contribution in [-0.2, 0) is 26.1 Å². The molecule has 0 saturated carbocycles. The topological polar surface area (TPSA) is 144 Å². The minimum absolute atomic E-state index is 0.0980. The van der Waals surface area contributed by atoms with Gasteiger partial charge in [0.15, 0.2) is 12.6 Å². The fourth-order valence-electron chi connectivity index (χ4n) is 7.58. The number of hydrogen-bond acceptors (Lipinski definition) is 10. The molecule has 0 N–H and O–H groups in total. The molecule has 0 aliphatic heterocycles. The summed E-state index contributed by atoms with van der Waals surface area (Å²) in [6.45, 7) is 0.196. The maximum Gasteiger partial charge on any atom is 0.153 e. The number of rotatable bonds is 13. The monoisotopic (exact) mass is 806 g/mol. The summed E-state index contributed by atoms with van der Waals surface area (Å²) in [6.07, 6.45) is 9.96. The van der Waals surface area contributed by atoms with E-state index < -0.39 is 0 Å². The van der Waals surface area contributed by atoms with E-state index in [0.717, 1.165) is 47.9 Å². The summed E-state index contributed by atoms with van der Waals surface area (Å²) in [7, 11) is 0. The predicted octanol–water partition coefficient (Wildman–Crippen LogP) is 10.1. The van der Waals surface area contributed by atoms with Crippen molar-refractivity contribution in [3.8, 4) is 46.3 Å². The second-order valence-corrected chi connectivity index (χ2v) is 14.7. The highest BCUT2D eigenvalue weighted by Crippen LogP contribution is 2.47. The molecule has 8 rings (SSSR count). The maximum atomic E-state index is 11.9. The fourth-order valence-corrected chi connectivity index (χ4v) is 8.01. The van der Waals surface area contributed by atoms with Crippen molar-refractivity contribution in [2.45, 2.75) is 51.1 Å². The lowest BCUT2D eigenvalue weighted by Gasteiger charge is -2.20. The Kier molecular flexibility index (Phi) is 11.0. The van der Waals surface area contributed by atoms with Gasteiger partial charge in [0.05, 0.1) is 32.3 Å². The van der Waals surface area contributed by atoms with Gasteiger partial charge in [0.2, 0.25) is 0 Å². The molecule has 2 aliphatic rings. The van der Waals surface area contributed by atoms with Gasteiger partial charge in [0.25, 0.3) is 0 Å². The summed E-state index contributed by atoms with van der Waals surface area (Å²) in [5.74, 6) is 1.41. The molecule has 0 bridgehead atoms. The van der Waals surface area contributed by atoms with Crippen LogP contribution in [0.5, 0.6) is 23.0 Å². The SMILES string of the molecule is N#Cc1cncc(COc2cc(O[C@H]3CCc4c(-c5cccc6c5CC[C@@H]6Oc5cc(OCc6cncc(C#N)c6)c(C=O)cc5Cl)cccc43)c(Cl)cc2C=O)c1. The van der Waals surface area contributed by atoms with Crippen LogP contribution in [0.15, 0.2) is 97.6 Å². The van der Waals surface area contributed by atoms with E-state index in [1.165, 1.54) is 35.7 Å². The second-order valence-electron chi connectivity index (χ2n) is 13.9. The average molecular weight is 808 g/mol. The van der Waals surface area contributed by atoms with Crippen LogP contribution in [0.4, 0.5) is 0 Å². The first-order chi connectivity index (χ1) is 28.3. The Hall–Kier alpha value is -6.72. The van der Waals surface area contributed by atoms with Crippen LogP contribution in [0.1, 0.15) is 90.3 Å². The van der Waals surface area contributed by atoms with Gasteiger partial charge in [-0.05, 0) is 83.3 Å². The molecule has 58 heavy (non-hydrogen) atoms. The number of fused-ring (bicyclic) bond motifs is 2. The highest BCUT2D eigenvalue weighted by molar-refractivity contribution is 6.32. The van der Waals surface area contributed by atoms with Crippen LogP contribution < -0.4 is 18.9 Å². The van der Waals surface area contributed by atoms with E-state index in [4.69, 9.17) is 42.1 Å². The predicted molar refractivity (Wildman–Crippen MR) is 216 cm³/mol. The molecule has 0 saturated heterocycles. The smallest absolute Gasteiger partial charge is 0.153 e. The molecule has 286 valence electrons. The molecule has 10 nitrogen and oxygen atoms in total. The van der Waals surface area contributed by atoms with Gasteiger partial charge in [-0.2, -0.15) is 10.5 Å². The highest BCUT2D eigenvalue weighted by atomic mass is 35.5. The third kappa shape index (κ3) is 7.81. The Labute approximate surface area is 344 Å². The first kappa shape index (κ1) is 38.2. The van der Waals surface area contributed by atoms with Gasteiger partial charge >= 0.3 is 0 Å². The molecule has 2 aliphatic carbocycles. The third-order valence-corrected chi connectivity index (χ3v) is 10.9. The van der Waals surface area contributed by atoms with Crippen molar-refractivity contribution >= 4 is 35.8 Å². The molecule has 4 aromatic carbocycles. The number of aromatic nitrogens is 2. The molecule has 0 radical (unpaired) electrons. The van der Waals surface area contributed by atoms with Gasteiger partial charge in [-0.25, -0.2) is 0 Å². The van der Waals surface area contributed by atoms with Crippen molar-refractivity contribution in [1.82, 2.24) is 9.97 Å². The molecule has 2 heterocycles. The van der Waals surface area contributed by atoms with E-state index >= 15 is 0 Å². The van der Waals surface area contributed by atoms with E-state index in [9.17, 15) is 20.1 Å². The maximum absolute atomic E-state index is 11.9. The molecule has 2 aromatic heterocycles. The first-order valence-electron chi connectivity index (χ1n) is 18.4. The number of aldehydes is 2. The van der Waals surface area contributed by atoms with Crippen molar-refractivity contribution in [2.24, 2.45) is 0 Å². The van der Waals surface area contributed by atoms with Crippen LogP contribution in [0.3, 0.4) is 0 Å². The average Bonchev–Trinajstić information content (AvgIpc) is 3.87. The Morgan fingerprint density at radius 2 is 1.07 bits per heavy atom. The fraction of sp³-hybridized carbons (Fsp3) is 0.174. The quantitative estimate of drug-likeness (QED) is 0.103. The summed E-state index contributed by atoms with van der Waals surface area (Å²) < 4.78 is 25.1. The Morgan fingerprint density at radius 3 is 1.48 bits per heavy atom. The van der Waals surface area contributed by atoms with Crippen molar-refractivity contribution in [1.29, 1.82) is 10.5 Å². The number of ether oxygens (including phenoxy) is 4. The number of nitrogens with zero attached hydrogens (tertiary/aromatic N) is 4. The Bertz CT molecular complexity index is 2490. The summed E-state index contributed by atoms with van der Waals surface area (Å²) in [4.78, 5) is 32.0. The minimum Gasteiger partial charge on any atom is -0.488 e. The van der Waals surface area contributed by atoms with Crippen LogP contribution in [0.2, 0.25) is 10.0 Å². The lowest BCUT2D eigenvalue weighted by atomic mass is 9.91. The number of pyridine rings is 2. The lowest BCUT2D eigenvalue weighted by Crippen LogP contribution is -2.06. The summed E-state index contributed by atoms with van der Waals surface area (Å²) in [6, 6.07) is 26.3. The van der Waals surface area contributed by atoms with Crippen LogP contribution in [0.25, 0.3) is 11.1 Å². The van der Waals surface area contributed by atoms with E-state index in [1.807, 2.05) is 12.1 Å². The van der Waals surface area contributed by atoms with Gasteiger partial charge in [-0.3, -0.25) is 19.6 Å². The number of carbonyl (C=O) groups excluding carboxylic acids is 2. The molecule has 0 amide bonds. The second kappa shape index (κ2) is 16.8. The molecule has 2 atom stereocenters. The van der Waals surface area contributed by atoms with Gasteiger partial charge in [-0.15, -0.1) is 0 Å². The normalized spacial score (nSPS) is 15.0. The zero-order chi connectivity index (χ0) is 40.2. The van der Waals surface area contributed by atoms with Gasteiger partial charge in [-0.1, -0.05) is 59.6 Å². The molecular formula is C46H32Cl2N4O6. The zero-order valence-corrected chi connectivity index (χ0v) is 32.3. The summed E-state index contributed by atoms with van der Waals surface area (Å²) in [5, 5.41) is 19.0. The molecule has 0 spiro atoms. The van der Waals surface area contributed by atoms with E-state index in [1.54, 1.807) is 36.7 Å². The first-order valence-corrected chi connectivity index (χ1v) is 19.2. The van der Waals surface area contributed by atoms with Gasteiger partial charge in [0, 0.05) is 48.0 Å². The molecule has 12 heteroatoms. The van der Waals surface area contributed by atoms with Crippen LogP contribution in [-0.4, -0.2) is 22.5 Å². The van der Waals surface area contributed by atoms with Crippen LogP contribution >= 0.6 is 23.2 Å². The molecule has 0 unspecified atom stereocenters. The van der Waals surface area contributed by atoms with Crippen LogP contribution in [0, 0.1) is 22.7 Å². The van der Waals surface area contributed by atoms with E-state index in [0.29, 0.717) is 67.9 Å². The number of halogens is 2. The summed E-state index contributed by atoms with van der Waals surface area (Å²) >= 11 is 13.3. The van der Waals surface area contributed by atoms with Crippen molar-refractivity contribution in [2.75, 3.05) is 0 Å². The van der Waals surface area contributed by atoms with E-state index in [-0.39, 0.29) is 36.5 Å². The third-order valence-electron chi connectivity index (χ3n) is 10.3. The Balaban J connectivity index is 1.01. The van der Waals surface area contributed by atoms with Crippen molar-refractivity contribution < 1.29 is 28.5 Å². The lowest BCUT2D eigenvalue weighted by molar-refractivity contribution is 0.111. The summed E-state index contributed by atoms with van der Waals surface area (Å²) in [5.41, 5.74) is 9.49. The molecule has 0 fully saturated rings.